The van der Waals surface area contributed by atoms with Crippen molar-refractivity contribution in [3.05, 3.63) is 76.8 Å². The van der Waals surface area contributed by atoms with Crippen molar-refractivity contribution < 1.29 is 9.18 Å². The number of hydrogen-bond donors (Lipinski definition) is 1. The number of aromatic nitrogens is 4. The molecule has 140 valence electrons. The van der Waals surface area contributed by atoms with Gasteiger partial charge in [0.1, 0.15) is 11.5 Å². The van der Waals surface area contributed by atoms with Crippen molar-refractivity contribution in [1.82, 2.24) is 25.1 Å². The Morgan fingerprint density at radius 2 is 1.93 bits per heavy atom. The lowest BCUT2D eigenvalue weighted by molar-refractivity contribution is 0.0941. The molecular weight excluding hydrogens is 377 g/mol. The number of carbonyl (C=O) groups excluding carboxylic acids is 1. The number of benzene rings is 1. The first kappa shape index (κ1) is 18.0. The number of halogens is 1. The molecule has 4 rings (SSSR count). The van der Waals surface area contributed by atoms with Gasteiger partial charge in [-0.2, -0.15) is 16.4 Å². The van der Waals surface area contributed by atoms with Crippen LogP contribution in [0.25, 0.3) is 22.5 Å². The summed E-state index contributed by atoms with van der Waals surface area (Å²) in [5.74, 6) is -0.590. The maximum atomic E-state index is 13.1. The summed E-state index contributed by atoms with van der Waals surface area (Å²) in [7, 11) is 1.70. The number of thiophene rings is 1. The van der Waals surface area contributed by atoms with Crippen molar-refractivity contribution in [2.24, 2.45) is 7.05 Å². The third-order valence-corrected chi connectivity index (χ3v) is 4.92. The van der Waals surface area contributed by atoms with Gasteiger partial charge < -0.3 is 5.32 Å². The Labute approximate surface area is 164 Å². The van der Waals surface area contributed by atoms with E-state index in [9.17, 15) is 9.18 Å². The zero-order valence-corrected chi connectivity index (χ0v) is 15.8. The fourth-order valence-corrected chi connectivity index (χ4v) is 3.47. The molecule has 0 atom stereocenters. The van der Waals surface area contributed by atoms with Crippen LogP contribution in [0.15, 0.2) is 59.6 Å². The van der Waals surface area contributed by atoms with E-state index in [1.807, 2.05) is 16.8 Å². The molecular formula is C20H16FN5OS. The summed E-state index contributed by atoms with van der Waals surface area (Å²) in [5.41, 5.74) is 4.16. The standard InChI is InChI=1S/C20H16FN5OS/c1-26-18(10-16(25-26)13-2-4-15(21)5-3-13)20(27)24-11-17-19(23-8-7-22-17)14-6-9-28-12-14/h2-10,12H,11H2,1H3,(H,24,27). The minimum atomic E-state index is -0.317. The average molecular weight is 393 g/mol. The summed E-state index contributed by atoms with van der Waals surface area (Å²) in [5, 5.41) is 11.2. The smallest absolute Gasteiger partial charge is 0.269 e. The second-order valence-electron chi connectivity index (χ2n) is 6.09. The zero-order valence-electron chi connectivity index (χ0n) is 15.0. The molecule has 0 unspecified atom stereocenters. The van der Waals surface area contributed by atoms with Gasteiger partial charge >= 0.3 is 0 Å². The number of amides is 1. The van der Waals surface area contributed by atoms with Gasteiger partial charge in [0.05, 0.1) is 23.6 Å². The van der Waals surface area contributed by atoms with Gasteiger partial charge in [0.2, 0.25) is 0 Å². The first-order valence-corrected chi connectivity index (χ1v) is 9.47. The molecule has 4 aromatic rings. The van der Waals surface area contributed by atoms with Crippen molar-refractivity contribution in [3.63, 3.8) is 0 Å². The molecule has 0 aliphatic rings. The highest BCUT2D eigenvalue weighted by Crippen LogP contribution is 2.22. The molecule has 0 bridgehead atoms. The number of nitrogens with zero attached hydrogens (tertiary/aromatic N) is 4. The second-order valence-corrected chi connectivity index (χ2v) is 6.87. The molecule has 1 N–H and O–H groups in total. The first-order valence-electron chi connectivity index (χ1n) is 8.52. The topological polar surface area (TPSA) is 72.7 Å². The van der Waals surface area contributed by atoms with Crippen molar-refractivity contribution in [2.45, 2.75) is 6.54 Å². The van der Waals surface area contributed by atoms with Gasteiger partial charge in [-0.15, -0.1) is 0 Å². The van der Waals surface area contributed by atoms with Crippen LogP contribution in [0.3, 0.4) is 0 Å². The summed E-state index contributed by atoms with van der Waals surface area (Å²) >= 11 is 1.58. The van der Waals surface area contributed by atoms with Crippen LogP contribution in [0, 0.1) is 5.82 Å². The lowest BCUT2D eigenvalue weighted by Crippen LogP contribution is -2.26. The van der Waals surface area contributed by atoms with Crippen LogP contribution in [0.1, 0.15) is 16.2 Å². The first-order chi connectivity index (χ1) is 13.6. The predicted octanol–water partition coefficient (Wildman–Crippen LogP) is 3.67. The fourth-order valence-electron chi connectivity index (χ4n) is 2.83. The van der Waals surface area contributed by atoms with E-state index in [0.29, 0.717) is 17.1 Å². The molecule has 1 amide bonds. The molecule has 0 fully saturated rings. The highest BCUT2D eigenvalue weighted by atomic mass is 32.1. The number of nitrogens with one attached hydrogen (secondary N) is 1. The van der Waals surface area contributed by atoms with Crippen LogP contribution in [-0.4, -0.2) is 25.7 Å². The highest BCUT2D eigenvalue weighted by molar-refractivity contribution is 7.08. The summed E-state index contributed by atoms with van der Waals surface area (Å²) in [6.45, 7) is 0.245. The number of carbonyl (C=O) groups is 1. The average Bonchev–Trinajstić information content (AvgIpc) is 3.37. The second kappa shape index (κ2) is 7.69. The van der Waals surface area contributed by atoms with Gasteiger partial charge in [-0.1, -0.05) is 0 Å². The predicted molar refractivity (Wildman–Crippen MR) is 105 cm³/mol. The number of aryl methyl sites for hydroxylation is 1. The maximum absolute atomic E-state index is 13.1. The largest absolute Gasteiger partial charge is 0.345 e. The molecule has 6 nitrogen and oxygen atoms in total. The van der Waals surface area contributed by atoms with Crippen LogP contribution in [-0.2, 0) is 13.6 Å². The van der Waals surface area contributed by atoms with Crippen LogP contribution in [0.4, 0.5) is 4.39 Å². The molecule has 8 heteroatoms. The molecule has 0 radical (unpaired) electrons. The van der Waals surface area contributed by atoms with Crippen LogP contribution < -0.4 is 5.32 Å². The Hall–Kier alpha value is -3.39. The normalized spacial score (nSPS) is 10.8. The molecule has 3 aromatic heterocycles. The van der Waals surface area contributed by atoms with E-state index in [1.54, 1.807) is 49.0 Å². The van der Waals surface area contributed by atoms with E-state index in [4.69, 9.17) is 0 Å². The van der Waals surface area contributed by atoms with Crippen LogP contribution in [0.2, 0.25) is 0 Å². The van der Waals surface area contributed by atoms with Gasteiger partial charge in [-0.3, -0.25) is 19.4 Å². The highest BCUT2D eigenvalue weighted by Gasteiger charge is 2.16. The van der Waals surface area contributed by atoms with Crippen LogP contribution >= 0.6 is 11.3 Å². The number of hydrogen-bond acceptors (Lipinski definition) is 5. The van der Waals surface area contributed by atoms with Crippen LogP contribution in [0.5, 0.6) is 0 Å². The molecule has 0 aliphatic heterocycles. The fraction of sp³-hybridized carbons (Fsp3) is 0.100. The lowest BCUT2D eigenvalue weighted by atomic mass is 10.1. The molecule has 3 heterocycles. The Morgan fingerprint density at radius 1 is 1.14 bits per heavy atom. The molecule has 0 saturated carbocycles. The van der Waals surface area contributed by atoms with Gasteiger partial charge in [-0.05, 0) is 41.8 Å². The molecule has 0 saturated heterocycles. The monoisotopic (exact) mass is 393 g/mol. The Bertz CT molecular complexity index is 1110. The summed E-state index contributed by atoms with van der Waals surface area (Å²) in [6, 6.07) is 9.64. The SMILES string of the molecule is Cn1nc(-c2ccc(F)cc2)cc1C(=O)NCc1nccnc1-c1ccsc1. The maximum Gasteiger partial charge on any atom is 0.269 e. The lowest BCUT2D eigenvalue weighted by Gasteiger charge is -2.08. The van der Waals surface area contributed by atoms with Gasteiger partial charge in [0.25, 0.3) is 5.91 Å². The molecule has 0 aliphatic carbocycles. The van der Waals surface area contributed by atoms with E-state index >= 15 is 0 Å². The quantitative estimate of drug-likeness (QED) is 0.561. The van der Waals surface area contributed by atoms with Crippen molar-refractivity contribution in [1.29, 1.82) is 0 Å². The third-order valence-electron chi connectivity index (χ3n) is 4.24. The van der Waals surface area contributed by atoms with Crippen molar-refractivity contribution >= 4 is 17.2 Å². The summed E-state index contributed by atoms with van der Waals surface area (Å²) in [4.78, 5) is 21.4. The van der Waals surface area contributed by atoms with Gasteiger partial charge in [0.15, 0.2) is 0 Å². The Kier molecular flexibility index (Phi) is 4.94. The van der Waals surface area contributed by atoms with E-state index in [2.05, 4.69) is 20.4 Å². The van der Waals surface area contributed by atoms with Crippen molar-refractivity contribution in [3.8, 4) is 22.5 Å². The van der Waals surface area contributed by atoms with E-state index in [-0.39, 0.29) is 18.3 Å². The third kappa shape index (κ3) is 3.67. The molecule has 0 spiro atoms. The minimum absolute atomic E-state index is 0.245. The number of rotatable bonds is 5. The summed E-state index contributed by atoms with van der Waals surface area (Å²) < 4.78 is 14.6. The minimum Gasteiger partial charge on any atom is -0.345 e. The zero-order chi connectivity index (χ0) is 19.5. The summed E-state index contributed by atoms with van der Waals surface area (Å²) in [6.07, 6.45) is 3.24. The Balaban J connectivity index is 1.52. The molecule has 28 heavy (non-hydrogen) atoms. The Morgan fingerprint density at radius 3 is 2.68 bits per heavy atom. The van der Waals surface area contributed by atoms with Crippen molar-refractivity contribution in [2.75, 3.05) is 0 Å². The van der Waals surface area contributed by atoms with Gasteiger partial charge in [-0.25, -0.2) is 4.39 Å². The van der Waals surface area contributed by atoms with Gasteiger partial charge in [0, 0.05) is 35.9 Å². The van der Waals surface area contributed by atoms with E-state index in [0.717, 1.165) is 16.8 Å². The molecule has 1 aromatic carbocycles. The van der Waals surface area contributed by atoms with E-state index < -0.39 is 0 Å². The van der Waals surface area contributed by atoms with E-state index in [1.165, 1.54) is 16.8 Å².